The normalized spacial score (nSPS) is 16.7. The maximum Gasteiger partial charge on any atom is 0.229 e. The lowest BCUT2D eigenvalue weighted by Crippen LogP contribution is -2.30. The molecule has 1 unspecified atom stereocenters. The fourth-order valence-corrected chi connectivity index (χ4v) is 3.44. The van der Waals surface area contributed by atoms with E-state index < -0.39 is 5.60 Å². The highest BCUT2D eigenvalue weighted by molar-refractivity contribution is 5.92. The molecule has 0 aliphatic heterocycles. The van der Waals surface area contributed by atoms with Crippen molar-refractivity contribution in [1.82, 2.24) is 19.5 Å². The molecule has 3 aromatic heterocycles. The lowest BCUT2D eigenvalue weighted by atomic mass is 9.93. The van der Waals surface area contributed by atoms with Crippen molar-refractivity contribution in [3.63, 3.8) is 0 Å². The maximum absolute atomic E-state index is 12.7. The molecule has 0 bridgehead atoms. The largest absolute Gasteiger partial charge is 0.383 e. The van der Waals surface area contributed by atoms with Crippen LogP contribution < -0.4 is 5.32 Å². The van der Waals surface area contributed by atoms with Crippen LogP contribution in [-0.4, -0.2) is 30.5 Å². The molecule has 1 fully saturated rings. The Morgan fingerprint density at radius 1 is 1.30 bits per heavy atom. The van der Waals surface area contributed by atoms with Crippen LogP contribution in [0.2, 0.25) is 0 Å². The number of nitrogens with zero attached hydrogens (tertiary/aromatic N) is 4. The number of hydrogen-bond acceptors (Lipinski definition) is 5. The van der Waals surface area contributed by atoms with Crippen molar-refractivity contribution in [3.05, 3.63) is 47.9 Å². The first kappa shape index (κ1) is 17.6. The molecular formula is C20H23N5O2. The molecule has 1 atom stereocenters. The molecule has 0 aromatic carbocycles. The van der Waals surface area contributed by atoms with E-state index in [0.29, 0.717) is 17.7 Å². The van der Waals surface area contributed by atoms with Crippen molar-refractivity contribution >= 4 is 23.0 Å². The number of rotatable bonds is 5. The minimum absolute atomic E-state index is 0.107. The van der Waals surface area contributed by atoms with Gasteiger partial charge in [0.15, 0.2) is 5.65 Å². The molecule has 1 amide bonds. The molecule has 0 saturated heterocycles. The standard InChI is InChI=1S/C20H23N5O2/c1-13-9-11-22-18-17(13)24-19(25(18)14-6-5-7-14)23-16(26)12-20(2,27)15-8-3-4-10-21-15/h3-4,8-11,14,27H,5-7,12H2,1-2H3,(H,23,24,26). The highest BCUT2D eigenvalue weighted by Gasteiger charge is 2.30. The molecule has 7 nitrogen and oxygen atoms in total. The van der Waals surface area contributed by atoms with Gasteiger partial charge in [0, 0.05) is 18.4 Å². The second-order valence-electron chi connectivity index (χ2n) is 7.40. The lowest BCUT2D eigenvalue weighted by molar-refractivity contribution is -0.121. The number of aliphatic hydroxyl groups is 1. The van der Waals surface area contributed by atoms with Crippen molar-refractivity contribution in [2.75, 3.05) is 5.32 Å². The molecule has 4 rings (SSSR count). The summed E-state index contributed by atoms with van der Waals surface area (Å²) in [4.78, 5) is 25.9. The van der Waals surface area contributed by atoms with Crippen LogP contribution >= 0.6 is 0 Å². The monoisotopic (exact) mass is 365 g/mol. The summed E-state index contributed by atoms with van der Waals surface area (Å²) in [6, 6.07) is 7.49. The lowest BCUT2D eigenvalue weighted by Gasteiger charge is -2.28. The van der Waals surface area contributed by atoms with Gasteiger partial charge in [-0.05, 0) is 56.9 Å². The third-order valence-electron chi connectivity index (χ3n) is 5.19. The zero-order valence-corrected chi connectivity index (χ0v) is 15.5. The highest BCUT2D eigenvalue weighted by atomic mass is 16.3. The Bertz CT molecular complexity index is 977. The summed E-state index contributed by atoms with van der Waals surface area (Å²) >= 11 is 0. The second-order valence-corrected chi connectivity index (χ2v) is 7.40. The number of hydrogen-bond donors (Lipinski definition) is 2. The SMILES string of the molecule is Cc1ccnc2c1nc(NC(=O)CC(C)(O)c1ccccn1)n2C1CCC1. The van der Waals surface area contributed by atoms with E-state index in [1.165, 1.54) is 0 Å². The third-order valence-corrected chi connectivity index (χ3v) is 5.19. The van der Waals surface area contributed by atoms with Crippen LogP contribution in [-0.2, 0) is 10.4 Å². The Kier molecular flexibility index (Phi) is 4.39. The highest BCUT2D eigenvalue weighted by Crippen LogP contribution is 2.37. The minimum Gasteiger partial charge on any atom is -0.383 e. The Balaban J connectivity index is 1.61. The number of imidazole rings is 1. The van der Waals surface area contributed by atoms with Crippen LogP contribution in [0, 0.1) is 6.92 Å². The smallest absolute Gasteiger partial charge is 0.229 e. The van der Waals surface area contributed by atoms with E-state index in [-0.39, 0.29) is 12.3 Å². The van der Waals surface area contributed by atoms with Gasteiger partial charge in [0.2, 0.25) is 11.9 Å². The van der Waals surface area contributed by atoms with Gasteiger partial charge in [-0.2, -0.15) is 0 Å². The molecule has 1 aliphatic carbocycles. The Morgan fingerprint density at radius 3 is 2.78 bits per heavy atom. The predicted molar refractivity (Wildman–Crippen MR) is 102 cm³/mol. The minimum atomic E-state index is -1.35. The second kappa shape index (κ2) is 6.74. The molecule has 140 valence electrons. The Morgan fingerprint density at radius 2 is 2.11 bits per heavy atom. The number of nitrogens with one attached hydrogen (secondary N) is 1. The summed E-state index contributed by atoms with van der Waals surface area (Å²) < 4.78 is 2.03. The number of aryl methyl sites for hydroxylation is 1. The first-order valence-electron chi connectivity index (χ1n) is 9.23. The number of carbonyl (C=O) groups is 1. The Labute approximate surface area is 157 Å². The van der Waals surface area contributed by atoms with Crippen LogP contribution in [0.1, 0.15) is 49.9 Å². The van der Waals surface area contributed by atoms with Crippen molar-refractivity contribution in [2.24, 2.45) is 0 Å². The molecule has 0 spiro atoms. The number of fused-ring (bicyclic) bond motifs is 1. The summed E-state index contributed by atoms with van der Waals surface area (Å²) in [6.45, 7) is 3.58. The molecule has 1 saturated carbocycles. The molecule has 2 N–H and O–H groups in total. The van der Waals surface area contributed by atoms with Crippen molar-refractivity contribution in [2.45, 2.75) is 51.2 Å². The van der Waals surface area contributed by atoms with Gasteiger partial charge in [-0.15, -0.1) is 0 Å². The van der Waals surface area contributed by atoms with E-state index >= 15 is 0 Å². The van der Waals surface area contributed by atoms with Gasteiger partial charge < -0.3 is 5.11 Å². The first-order chi connectivity index (χ1) is 13.0. The van der Waals surface area contributed by atoms with Gasteiger partial charge in [-0.1, -0.05) is 6.07 Å². The van der Waals surface area contributed by atoms with Crippen LogP contribution in [0.3, 0.4) is 0 Å². The van der Waals surface area contributed by atoms with E-state index in [4.69, 9.17) is 0 Å². The predicted octanol–water partition coefficient (Wildman–Crippen LogP) is 3.10. The number of pyridine rings is 2. The fraction of sp³-hybridized carbons (Fsp3) is 0.400. The first-order valence-corrected chi connectivity index (χ1v) is 9.23. The topological polar surface area (TPSA) is 92.9 Å². The van der Waals surface area contributed by atoms with Crippen LogP contribution in [0.4, 0.5) is 5.95 Å². The summed E-state index contributed by atoms with van der Waals surface area (Å²) in [5, 5.41) is 13.6. The number of anilines is 1. The number of amides is 1. The van der Waals surface area contributed by atoms with Crippen LogP contribution in [0.25, 0.3) is 11.2 Å². The van der Waals surface area contributed by atoms with Crippen molar-refractivity contribution in [1.29, 1.82) is 0 Å². The summed E-state index contributed by atoms with van der Waals surface area (Å²) in [7, 11) is 0. The molecule has 3 heterocycles. The molecule has 1 aliphatic rings. The van der Waals surface area contributed by atoms with Gasteiger partial charge in [0.05, 0.1) is 12.1 Å². The molecule has 0 radical (unpaired) electrons. The van der Waals surface area contributed by atoms with Crippen molar-refractivity contribution in [3.8, 4) is 0 Å². The zero-order valence-electron chi connectivity index (χ0n) is 15.5. The third kappa shape index (κ3) is 3.30. The van der Waals surface area contributed by atoms with E-state index in [9.17, 15) is 9.90 Å². The maximum atomic E-state index is 12.7. The summed E-state index contributed by atoms with van der Waals surface area (Å²) in [6.07, 6.45) is 6.53. The van der Waals surface area contributed by atoms with Gasteiger partial charge in [0.25, 0.3) is 0 Å². The summed E-state index contributed by atoms with van der Waals surface area (Å²) in [5.74, 6) is 0.192. The molecular weight excluding hydrogens is 342 g/mol. The van der Waals surface area contributed by atoms with Crippen LogP contribution in [0.5, 0.6) is 0 Å². The van der Waals surface area contributed by atoms with E-state index in [1.807, 2.05) is 17.6 Å². The van der Waals surface area contributed by atoms with E-state index in [0.717, 1.165) is 36.0 Å². The Hall–Kier alpha value is -2.80. The zero-order chi connectivity index (χ0) is 19.0. The summed E-state index contributed by atoms with van der Waals surface area (Å²) in [5.41, 5.74) is 1.73. The quantitative estimate of drug-likeness (QED) is 0.725. The average molecular weight is 365 g/mol. The van der Waals surface area contributed by atoms with E-state index in [1.54, 1.807) is 37.5 Å². The molecule has 7 heteroatoms. The molecule has 3 aromatic rings. The number of carbonyl (C=O) groups excluding carboxylic acids is 1. The number of aromatic nitrogens is 4. The van der Waals surface area contributed by atoms with Gasteiger partial charge in [0.1, 0.15) is 11.1 Å². The van der Waals surface area contributed by atoms with E-state index in [2.05, 4.69) is 20.3 Å². The molecule has 27 heavy (non-hydrogen) atoms. The average Bonchev–Trinajstić information content (AvgIpc) is 2.93. The van der Waals surface area contributed by atoms with Gasteiger partial charge in [-0.25, -0.2) is 9.97 Å². The van der Waals surface area contributed by atoms with Crippen molar-refractivity contribution < 1.29 is 9.90 Å². The van der Waals surface area contributed by atoms with Gasteiger partial charge >= 0.3 is 0 Å². The van der Waals surface area contributed by atoms with Crippen LogP contribution in [0.15, 0.2) is 36.7 Å². The fourth-order valence-electron chi connectivity index (χ4n) is 3.44. The van der Waals surface area contributed by atoms with Gasteiger partial charge in [-0.3, -0.25) is 19.7 Å².